The maximum absolute atomic E-state index is 10.6. The van der Waals surface area contributed by atoms with Crippen molar-refractivity contribution in [3.05, 3.63) is 21.9 Å². The van der Waals surface area contributed by atoms with Gasteiger partial charge in [-0.15, -0.1) is 11.3 Å². The average Bonchev–Trinajstić information content (AvgIpc) is 2.95. The van der Waals surface area contributed by atoms with Crippen molar-refractivity contribution in [1.82, 2.24) is 4.90 Å². The Hall–Kier alpha value is -0.870. The zero-order valence-electron chi connectivity index (χ0n) is 12.7. The summed E-state index contributed by atoms with van der Waals surface area (Å²) in [6, 6.07) is 4.49. The van der Waals surface area contributed by atoms with E-state index in [0.29, 0.717) is 12.3 Å². The van der Waals surface area contributed by atoms with Crippen molar-refractivity contribution in [3.63, 3.8) is 0 Å². The SMILES string of the molecule is CC(C)(C)c1ccc(CN2CCC(CCC(=O)O)C2)s1. The van der Waals surface area contributed by atoms with Gasteiger partial charge < -0.3 is 5.11 Å². The molecule has 2 heterocycles. The first-order chi connectivity index (χ1) is 9.34. The molecule has 1 aliphatic rings. The number of rotatable bonds is 5. The van der Waals surface area contributed by atoms with Crippen LogP contribution < -0.4 is 0 Å². The molecule has 112 valence electrons. The third kappa shape index (κ3) is 4.32. The smallest absolute Gasteiger partial charge is 0.303 e. The van der Waals surface area contributed by atoms with Gasteiger partial charge in [0.2, 0.25) is 0 Å². The molecule has 1 fully saturated rings. The Morgan fingerprint density at radius 2 is 2.20 bits per heavy atom. The Morgan fingerprint density at radius 1 is 1.45 bits per heavy atom. The van der Waals surface area contributed by atoms with Crippen molar-refractivity contribution < 1.29 is 9.90 Å². The number of nitrogens with zero attached hydrogens (tertiary/aromatic N) is 1. The van der Waals surface area contributed by atoms with Gasteiger partial charge in [0.1, 0.15) is 0 Å². The third-order valence-corrected chi connectivity index (χ3v) is 5.41. The fourth-order valence-corrected chi connectivity index (χ4v) is 3.81. The molecule has 0 bridgehead atoms. The lowest BCUT2D eigenvalue weighted by Gasteiger charge is -2.16. The van der Waals surface area contributed by atoms with Crippen LogP contribution in [-0.2, 0) is 16.8 Å². The summed E-state index contributed by atoms with van der Waals surface area (Å²) in [5.74, 6) is -0.107. The van der Waals surface area contributed by atoms with E-state index in [9.17, 15) is 4.79 Å². The number of carbonyl (C=O) groups is 1. The lowest BCUT2D eigenvalue weighted by molar-refractivity contribution is -0.137. The van der Waals surface area contributed by atoms with Gasteiger partial charge in [-0.05, 0) is 42.9 Å². The van der Waals surface area contributed by atoms with Crippen LogP contribution in [0.4, 0.5) is 0 Å². The van der Waals surface area contributed by atoms with Gasteiger partial charge in [-0.1, -0.05) is 20.8 Å². The normalized spacial score (nSPS) is 20.4. The molecule has 1 saturated heterocycles. The summed E-state index contributed by atoms with van der Waals surface area (Å²) in [6.07, 6.45) is 2.28. The van der Waals surface area contributed by atoms with Crippen molar-refractivity contribution in [2.45, 2.75) is 52.0 Å². The number of carboxylic acid groups (broad SMARTS) is 1. The second-order valence-electron chi connectivity index (χ2n) is 6.84. The predicted molar refractivity (Wildman–Crippen MR) is 83.3 cm³/mol. The highest BCUT2D eigenvalue weighted by atomic mass is 32.1. The van der Waals surface area contributed by atoms with Crippen LogP contribution in [0.1, 0.15) is 49.8 Å². The summed E-state index contributed by atoms with van der Waals surface area (Å²) in [5, 5.41) is 8.74. The molecule has 0 aliphatic carbocycles. The van der Waals surface area contributed by atoms with E-state index in [2.05, 4.69) is 37.8 Å². The number of thiophene rings is 1. The van der Waals surface area contributed by atoms with Crippen LogP contribution in [0, 0.1) is 5.92 Å². The molecule has 4 heteroatoms. The fraction of sp³-hybridized carbons (Fsp3) is 0.688. The van der Waals surface area contributed by atoms with E-state index in [1.807, 2.05) is 11.3 Å². The Labute approximate surface area is 125 Å². The summed E-state index contributed by atoms with van der Waals surface area (Å²) >= 11 is 1.91. The van der Waals surface area contributed by atoms with Crippen molar-refractivity contribution in [1.29, 1.82) is 0 Å². The van der Waals surface area contributed by atoms with E-state index in [1.54, 1.807) is 0 Å². The number of aliphatic carboxylic acids is 1. The molecule has 1 aliphatic heterocycles. The summed E-state index contributed by atoms with van der Waals surface area (Å²) in [6.45, 7) is 9.93. The Morgan fingerprint density at radius 3 is 2.80 bits per heavy atom. The summed E-state index contributed by atoms with van der Waals surface area (Å²) < 4.78 is 0. The monoisotopic (exact) mass is 295 g/mol. The first-order valence-electron chi connectivity index (χ1n) is 7.38. The fourth-order valence-electron chi connectivity index (χ4n) is 2.71. The molecule has 20 heavy (non-hydrogen) atoms. The average molecular weight is 295 g/mol. The van der Waals surface area contributed by atoms with Crippen molar-refractivity contribution in [3.8, 4) is 0 Å². The van der Waals surface area contributed by atoms with Gasteiger partial charge >= 0.3 is 5.97 Å². The zero-order chi connectivity index (χ0) is 14.8. The van der Waals surface area contributed by atoms with Crippen LogP contribution in [-0.4, -0.2) is 29.1 Å². The number of carboxylic acids is 1. The van der Waals surface area contributed by atoms with Crippen molar-refractivity contribution in [2.75, 3.05) is 13.1 Å². The first kappa shape index (κ1) is 15.5. The molecule has 1 unspecified atom stereocenters. The quantitative estimate of drug-likeness (QED) is 0.899. The molecule has 1 aromatic rings. The molecule has 2 rings (SSSR count). The number of likely N-dealkylation sites (tertiary alicyclic amines) is 1. The largest absolute Gasteiger partial charge is 0.481 e. The molecule has 0 spiro atoms. The summed E-state index contributed by atoms with van der Waals surface area (Å²) in [7, 11) is 0. The van der Waals surface area contributed by atoms with Crippen LogP contribution >= 0.6 is 11.3 Å². The molecule has 1 aromatic heterocycles. The second kappa shape index (κ2) is 6.27. The molecule has 3 nitrogen and oxygen atoms in total. The summed E-state index contributed by atoms with van der Waals surface area (Å²) in [4.78, 5) is 15.9. The lowest BCUT2D eigenvalue weighted by atomic mass is 9.95. The second-order valence-corrected chi connectivity index (χ2v) is 8.01. The van der Waals surface area contributed by atoms with E-state index < -0.39 is 5.97 Å². The Bertz CT molecular complexity index is 461. The third-order valence-electron chi connectivity index (χ3n) is 3.92. The van der Waals surface area contributed by atoms with Crippen LogP contribution in [0.3, 0.4) is 0 Å². The lowest BCUT2D eigenvalue weighted by Crippen LogP contribution is -2.19. The van der Waals surface area contributed by atoms with E-state index in [-0.39, 0.29) is 5.41 Å². The molecule has 0 amide bonds. The molecular formula is C16H25NO2S. The van der Waals surface area contributed by atoms with Gasteiger partial charge in [0.25, 0.3) is 0 Å². The van der Waals surface area contributed by atoms with Crippen LogP contribution in [0.15, 0.2) is 12.1 Å². The van der Waals surface area contributed by atoms with Gasteiger partial charge in [-0.3, -0.25) is 9.69 Å². The van der Waals surface area contributed by atoms with Crippen molar-refractivity contribution >= 4 is 17.3 Å². The number of hydrogen-bond acceptors (Lipinski definition) is 3. The highest BCUT2D eigenvalue weighted by molar-refractivity contribution is 7.12. The topological polar surface area (TPSA) is 40.5 Å². The Kier molecular flexibility index (Phi) is 4.86. The van der Waals surface area contributed by atoms with Crippen LogP contribution in [0.5, 0.6) is 0 Å². The Balaban J connectivity index is 1.83. The highest BCUT2D eigenvalue weighted by Crippen LogP contribution is 2.31. The standard InChI is InChI=1S/C16H25NO2S/c1-16(2,3)14-6-5-13(20-14)11-17-9-8-12(10-17)4-7-15(18)19/h5-6,12H,4,7-11H2,1-3H3,(H,18,19). The first-order valence-corrected chi connectivity index (χ1v) is 8.19. The summed E-state index contributed by atoms with van der Waals surface area (Å²) in [5.41, 5.74) is 0.234. The van der Waals surface area contributed by atoms with E-state index in [1.165, 1.54) is 9.75 Å². The zero-order valence-corrected chi connectivity index (χ0v) is 13.5. The molecule has 0 aromatic carbocycles. The number of hydrogen-bond donors (Lipinski definition) is 1. The molecule has 0 saturated carbocycles. The van der Waals surface area contributed by atoms with Gasteiger partial charge in [0.15, 0.2) is 0 Å². The van der Waals surface area contributed by atoms with E-state index in [0.717, 1.165) is 32.5 Å². The minimum absolute atomic E-state index is 0.234. The molecule has 1 N–H and O–H groups in total. The van der Waals surface area contributed by atoms with E-state index in [4.69, 9.17) is 5.11 Å². The van der Waals surface area contributed by atoms with Crippen molar-refractivity contribution in [2.24, 2.45) is 5.92 Å². The maximum Gasteiger partial charge on any atom is 0.303 e. The predicted octanol–water partition coefficient (Wildman–Crippen LogP) is 3.73. The molecule has 0 radical (unpaired) electrons. The minimum Gasteiger partial charge on any atom is -0.481 e. The van der Waals surface area contributed by atoms with Gasteiger partial charge in [0, 0.05) is 29.3 Å². The molecule has 1 atom stereocenters. The maximum atomic E-state index is 10.6. The minimum atomic E-state index is -0.670. The highest BCUT2D eigenvalue weighted by Gasteiger charge is 2.24. The molecular weight excluding hydrogens is 270 g/mol. The van der Waals surface area contributed by atoms with E-state index >= 15 is 0 Å². The van der Waals surface area contributed by atoms with Gasteiger partial charge in [0.05, 0.1) is 0 Å². The van der Waals surface area contributed by atoms with Gasteiger partial charge in [-0.25, -0.2) is 0 Å². The van der Waals surface area contributed by atoms with Crippen LogP contribution in [0.2, 0.25) is 0 Å². The van der Waals surface area contributed by atoms with Crippen LogP contribution in [0.25, 0.3) is 0 Å². The van der Waals surface area contributed by atoms with Gasteiger partial charge in [-0.2, -0.15) is 0 Å².